The van der Waals surface area contributed by atoms with Crippen molar-refractivity contribution in [1.82, 2.24) is 9.97 Å². The Labute approximate surface area is 260 Å². The summed E-state index contributed by atoms with van der Waals surface area (Å²) < 4.78 is 1.20. The van der Waals surface area contributed by atoms with Crippen molar-refractivity contribution in [1.29, 1.82) is 0 Å². The standard InChI is InChI=1S/C40H29N3S/c1-40(2)31-15-9-10-16-35(31)43(28-13-7-4-8-14-28)36-22-18-27(24-32(36)40)26-17-20-33-30(23-26)29-19-21-34-38(37(29)41-33)44-39(42-34)25-11-5-3-6-12-25/h3-24,41H,1-2H3. The van der Waals surface area contributed by atoms with Crippen LogP contribution in [0.5, 0.6) is 0 Å². The minimum atomic E-state index is -0.146. The first-order valence-corrected chi connectivity index (χ1v) is 15.9. The first-order valence-electron chi connectivity index (χ1n) is 15.1. The Morgan fingerprint density at radius 3 is 2.16 bits per heavy atom. The second kappa shape index (κ2) is 9.40. The van der Waals surface area contributed by atoms with E-state index in [0.717, 1.165) is 27.1 Å². The van der Waals surface area contributed by atoms with E-state index < -0.39 is 0 Å². The molecule has 9 rings (SSSR count). The molecule has 2 aromatic heterocycles. The lowest BCUT2D eigenvalue weighted by Crippen LogP contribution is -2.30. The SMILES string of the molecule is CC1(C)c2ccccc2N(c2ccccc2)c2ccc(-c3ccc4[nH]c5c(ccc6nc(-c7ccccc7)sc65)c4c3)cc21. The summed E-state index contributed by atoms with van der Waals surface area (Å²) in [5, 5.41) is 3.53. The number of H-pyrrole nitrogens is 1. The average Bonchev–Trinajstić information content (AvgIpc) is 3.67. The molecule has 0 saturated heterocycles. The van der Waals surface area contributed by atoms with Crippen molar-refractivity contribution in [2.45, 2.75) is 19.3 Å². The molecule has 3 nitrogen and oxygen atoms in total. The third-order valence-electron chi connectivity index (χ3n) is 9.22. The van der Waals surface area contributed by atoms with Crippen LogP contribution >= 0.6 is 11.3 Å². The van der Waals surface area contributed by atoms with Gasteiger partial charge in [0.2, 0.25) is 0 Å². The third-order valence-corrected chi connectivity index (χ3v) is 10.4. The van der Waals surface area contributed by atoms with E-state index >= 15 is 0 Å². The molecule has 8 aromatic rings. The van der Waals surface area contributed by atoms with Crippen LogP contribution in [0.25, 0.3) is 53.7 Å². The number of anilines is 3. The summed E-state index contributed by atoms with van der Waals surface area (Å²) in [4.78, 5) is 11.1. The van der Waals surface area contributed by atoms with Crippen molar-refractivity contribution in [3.63, 3.8) is 0 Å². The van der Waals surface area contributed by atoms with Crippen LogP contribution in [-0.4, -0.2) is 9.97 Å². The van der Waals surface area contributed by atoms with Crippen LogP contribution in [0, 0.1) is 0 Å². The van der Waals surface area contributed by atoms with Crippen LogP contribution in [0.1, 0.15) is 25.0 Å². The highest BCUT2D eigenvalue weighted by Gasteiger charge is 2.36. The molecule has 0 fully saturated rings. The number of rotatable bonds is 3. The van der Waals surface area contributed by atoms with Crippen LogP contribution in [0.15, 0.2) is 133 Å². The summed E-state index contributed by atoms with van der Waals surface area (Å²) in [6.45, 7) is 4.70. The van der Waals surface area contributed by atoms with Gasteiger partial charge in [-0.2, -0.15) is 0 Å². The lowest BCUT2D eigenvalue weighted by molar-refractivity contribution is 0.632. The Bertz CT molecular complexity index is 2360. The highest BCUT2D eigenvalue weighted by molar-refractivity contribution is 7.22. The molecule has 0 amide bonds. The number of hydrogen-bond donors (Lipinski definition) is 1. The smallest absolute Gasteiger partial charge is 0.124 e. The van der Waals surface area contributed by atoms with Gasteiger partial charge in [0.15, 0.2) is 0 Å². The highest BCUT2D eigenvalue weighted by atomic mass is 32.1. The molecule has 1 N–H and O–H groups in total. The largest absolute Gasteiger partial charge is 0.353 e. The van der Waals surface area contributed by atoms with Gasteiger partial charge >= 0.3 is 0 Å². The Balaban J connectivity index is 1.19. The van der Waals surface area contributed by atoms with E-state index in [4.69, 9.17) is 4.98 Å². The van der Waals surface area contributed by atoms with Crippen molar-refractivity contribution < 1.29 is 0 Å². The molecule has 4 heteroatoms. The summed E-state index contributed by atoms with van der Waals surface area (Å²) in [6.07, 6.45) is 0. The summed E-state index contributed by atoms with van der Waals surface area (Å²) >= 11 is 1.76. The molecule has 0 saturated carbocycles. The number of fused-ring (bicyclic) bond motifs is 7. The maximum absolute atomic E-state index is 4.96. The molecule has 3 heterocycles. The van der Waals surface area contributed by atoms with Crippen LogP contribution < -0.4 is 4.90 Å². The number of nitrogens with zero attached hydrogens (tertiary/aromatic N) is 2. The average molecular weight is 584 g/mol. The molecule has 6 aromatic carbocycles. The Kier molecular flexibility index (Phi) is 5.41. The Morgan fingerprint density at radius 1 is 0.614 bits per heavy atom. The number of hydrogen-bond acceptors (Lipinski definition) is 3. The van der Waals surface area contributed by atoms with E-state index in [0.29, 0.717) is 0 Å². The zero-order valence-corrected chi connectivity index (χ0v) is 25.3. The number of para-hydroxylation sites is 2. The number of aromatic nitrogens is 2. The molecule has 0 atom stereocenters. The van der Waals surface area contributed by atoms with Gasteiger partial charge in [-0.3, -0.25) is 0 Å². The normalized spacial score (nSPS) is 13.8. The van der Waals surface area contributed by atoms with Gasteiger partial charge in [0.25, 0.3) is 0 Å². The number of aromatic amines is 1. The van der Waals surface area contributed by atoms with Crippen LogP contribution in [0.3, 0.4) is 0 Å². The topological polar surface area (TPSA) is 31.9 Å². The molecule has 210 valence electrons. The van der Waals surface area contributed by atoms with Gasteiger partial charge in [0, 0.05) is 33.0 Å². The van der Waals surface area contributed by atoms with Crippen molar-refractivity contribution in [3.05, 3.63) is 145 Å². The van der Waals surface area contributed by atoms with Gasteiger partial charge in [0.05, 0.1) is 27.1 Å². The van der Waals surface area contributed by atoms with Crippen LogP contribution in [0.4, 0.5) is 17.1 Å². The van der Waals surface area contributed by atoms with Crippen LogP contribution in [-0.2, 0) is 5.41 Å². The first-order chi connectivity index (χ1) is 21.6. The Morgan fingerprint density at radius 2 is 1.32 bits per heavy atom. The van der Waals surface area contributed by atoms with Gasteiger partial charge in [-0.25, -0.2) is 4.98 Å². The minimum Gasteiger partial charge on any atom is -0.353 e. The lowest BCUT2D eigenvalue weighted by Gasteiger charge is -2.42. The van der Waals surface area contributed by atoms with E-state index in [1.54, 1.807) is 11.3 Å². The van der Waals surface area contributed by atoms with Gasteiger partial charge in [-0.15, -0.1) is 11.3 Å². The maximum atomic E-state index is 4.96. The van der Waals surface area contributed by atoms with E-state index in [1.165, 1.54) is 54.8 Å². The number of thiazole rings is 1. The predicted molar refractivity (Wildman–Crippen MR) is 187 cm³/mol. The summed E-state index contributed by atoms with van der Waals surface area (Å²) in [5.41, 5.74) is 13.1. The molecule has 44 heavy (non-hydrogen) atoms. The molecule has 1 aliphatic heterocycles. The predicted octanol–water partition coefficient (Wildman–Crippen LogP) is 11.4. The lowest BCUT2D eigenvalue weighted by atomic mass is 9.73. The fourth-order valence-corrected chi connectivity index (χ4v) is 8.05. The zero-order chi connectivity index (χ0) is 29.4. The first kappa shape index (κ1) is 25.3. The van der Waals surface area contributed by atoms with Crippen LogP contribution in [0.2, 0.25) is 0 Å². The quantitative estimate of drug-likeness (QED) is 0.224. The van der Waals surface area contributed by atoms with Gasteiger partial charge in [-0.1, -0.05) is 92.7 Å². The molecule has 0 aliphatic carbocycles. The van der Waals surface area contributed by atoms with Crippen molar-refractivity contribution >= 4 is 60.4 Å². The Hall–Kier alpha value is -5.19. The molecule has 1 aliphatic rings. The molecule has 0 unspecified atom stereocenters. The zero-order valence-electron chi connectivity index (χ0n) is 24.5. The van der Waals surface area contributed by atoms with E-state index in [9.17, 15) is 0 Å². The van der Waals surface area contributed by atoms with Gasteiger partial charge < -0.3 is 9.88 Å². The minimum absolute atomic E-state index is 0.146. The third kappa shape index (κ3) is 3.71. The fourth-order valence-electron chi connectivity index (χ4n) is 6.97. The summed E-state index contributed by atoms with van der Waals surface area (Å²) in [6, 6.07) is 48.2. The van der Waals surface area contributed by atoms with Crippen molar-refractivity contribution in [3.8, 4) is 21.7 Å². The number of nitrogens with one attached hydrogen (secondary N) is 1. The molecule has 0 radical (unpaired) electrons. The number of benzene rings is 6. The monoisotopic (exact) mass is 583 g/mol. The van der Waals surface area contributed by atoms with E-state index in [1.807, 2.05) is 6.07 Å². The second-order valence-electron chi connectivity index (χ2n) is 12.2. The van der Waals surface area contributed by atoms with Crippen molar-refractivity contribution in [2.75, 3.05) is 4.90 Å². The second-order valence-corrected chi connectivity index (χ2v) is 13.2. The summed E-state index contributed by atoms with van der Waals surface area (Å²) in [7, 11) is 0. The fraction of sp³-hybridized carbons (Fsp3) is 0.0750. The molecular formula is C40H29N3S. The van der Waals surface area contributed by atoms with E-state index in [2.05, 4.69) is 151 Å². The summed E-state index contributed by atoms with van der Waals surface area (Å²) in [5.74, 6) is 0. The van der Waals surface area contributed by atoms with E-state index in [-0.39, 0.29) is 5.41 Å². The highest BCUT2D eigenvalue weighted by Crippen LogP contribution is 2.52. The molecule has 0 bridgehead atoms. The van der Waals surface area contributed by atoms with Gasteiger partial charge in [0.1, 0.15) is 5.01 Å². The molecule has 0 spiro atoms. The van der Waals surface area contributed by atoms with Crippen molar-refractivity contribution in [2.24, 2.45) is 0 Å². The molecular weight excluding hydrogens is 555 g/mol. The van der Waals surface area contributed by atoms with Gasteiger partial charge in [-0.05, 0) is 76.9 Å². The maximum Gasteiger partial charge on any atom is 0.124 e.